The second-order valence-corrected chi connectivity index (χ2v) is 7.83. The van der Waals surface area contributed by atoms with Crippen molar-refractivity contribution in [2.75, 3.05) is 19.0 Å². The number of aromatic nitrogens is 1. The topological polar surface area (TPSA) is 49.6 Å². The first-order chi connectivity index (χ1) is 15.4. The molecule has 164 valence electrons. The summed E-state index contributed by atoms with van der Waals surface area (Å²) in [5, 5.41) is 0.788. The van der Waals surface area contributed by atoms with Crippen molar-refractivity contribution in [1.29, 1.82) is 0 Å². The molecule has 2 heterocycles. The van der Waals surface area contributed by atoms with Crippen molar-refractivity contribution in [3.05, 3.63) is 95.4 Å². The Balaban J connectivity index is 1.67. The van der Waals surface area contributed by atoms with Gasteiger partial charge in [-0.2, -0.15) is 0 Å². The number of benzene rings is 2. The van der Waals surface area contributed by atoms with Gasteiger partial charge in [0.05, 0.1) is 24.7 Å². The molecule has 0 saturated carbocycles. The lowest BCUT2D eigenvalue weighted by Crippen LogP contribution is -2.32. The molecule has 0 saturated heterocycles. The van der Waals surface area contributed by atoms with Crippen molar-refractivity contribution in [2.24, 2.45) is 0 Å². The summed E-state index contributed by atoms with van der Waals surface area (Å²) in [6.45, 7) is 0.565. The van der Waals surface area contributed by atoms with Crippen LogP contribution in [-0.4, -0.2) is 29.9 Å². The van der Waals surface area contributed by atoms with Gasteiger partial charge in [-0.3, -0.25) is 4.79 Å². The van der Waals surface area contributed by atoms with Gasteiger partial charge in [0.15, 0.2) is 0 Å². The molecule has 4 rings (SSSR count). The highest BCUT2D eigenvalue weighted by Crippen LogP contribution is 2.25. The van der Waals surface area contributed by atoms with E-state index in [1.54, 1.807) is 35.4 Å². The van der Waals surface area contributed by atoms with Gasteiger partial charge < -0.3 is 14.2 Å². The molecule has 0 aliphatic rings. The fourth-order valence-electron chi connectivity index (χ4n) is 3.59. The van der Waals surface area contributed by atoms with Crippen LogP contribution < -0.4 is 4.90 Å². The lowest BCUT2D eigenvalue weighted by atomic mass is 10.1. The predicted octanol–water partition coefficient (Wildman–Crippen LogP) is 4.94. The zero-order valence-corrected chi connectivity index (χ0v) is 17.9. The van der Waals surface area contributed by atoms with Crippen molar-refractivity contribution in [1.82, 2.24) is 9.88 Å². The van der Waals surface area contributed by atoms with Gasteiger partial charge in [-0.25, -0.2) is 13.8 Å². The molecule has 7 heteroatoms. The quantitative estimate of drug-likeness (QED) is 0.412. The predicted molar refractivity (Wildman–Crippen MR) is 119 cm³/mol. The summed E-state index contributed by atoms with van der Waals surface area (Å²) >= 11 is 0. The number of amides is 1. The van der Waals surface area contributed by atoms with E-state index in [0.29, 0.717) is 17.1 Å². The van der Waals surface area contributed by atoms with E-state index >= 15 is 0 Å². The first-order valence-corrected chi connectivity index (χ1v) is 10.2. The van der Waals surface area contributed by atoms with Crippen LogP contribution in [0.2, 0.25) is 0 Å². The molecule has 0 fully saturated rings. The fourth-order valence-corrected chi connectivity index (χ4v) is 3.59. The first-order valence-electron chi connectivity index (χ1n) is 10.2. The average molecular weight is 435 g/mol. The van der Waals surface area contributed by atoms with E-state index in [1.807, 2.05) is 31.1 Å². The molecular formula is C25H23F2N3O2. The van der Waals surface area contributed by atoms with Crippen LogP contribution in [0.1, 0.15) is 16.9 Å². The number of carbonyl (C=O) groups excluding carboxylic acids is 1. The van der Waals surface area contributed by atoms with Gasteiger partial charge in [-0.15, -0.1) is 0 Å². The number of hydrogen-bond acceptors (Lipinski definition) is 4. The molecule has 4 aromatic rings. The zero-order chi connectivity index (χ0) is 22.7. The van der Waals surface area contributed by atoms with Crippen LogP contribution in [-0.2, 0) is 24.3 Å². The van der Waals surface area contributed by atoms with Crippen molar-refractivity contribution < 1.29 is 18.0 Å². The SMILES string of the molecule is CN(C)c1nc2cc(F)ccc2cc1CN(Cc1ccco1)C(=O)Cc1ccc(F)cc1. The Morgan fingerprint density at radius 1 is 0.969 bits per heavy atom. The van der Waals surface area contributed by atoms with Gasteiger partial charge >= 0.3 is 0 Å². The van der Waals surface area contributed by atoms with Gasteiger partial charge in [0, 0.05) is 37.7 Å². The number of fused-ring (bicyclic) bond motifs is 1. The van der Waals surface area contributed by atoms with Gasteiger partial charge in [-0.05, 0) is 48.0 Å². The Labute approximate surface area is 184 Å². The third kappa shape index (κ3) is 4.94. The van der Waals surface area contributed by atoms with Gasteiger partial charge in [0.25, 0.3) is 0 Å². The summed E-state index contributed by atoms with van der Waals surface area (Å²) in [4.78, 5) is 21.4. The molecule has 2 aromatic heterocycles. The number of hydrogen-bond donors (Lipinski definition) is 0. The molecule has 0 aliphatic carbocycles. The minimum Gasteiger partial charge on any atom is -0.467 e. The maximum Gasteiger partial charge on any atom is 0.227 e. The Hall–Kier alpha value is -3.74. The summed E-state index contributed by atoms with van der Waals surface area (Å²) in [5.41, 5.74) is 2.10. The number of pyridine rings is 1. The summed E-state index contributed by atoms with van der Waals surface area (Å²) < 4.78 is 32.4. The van der Waals surface area contributed by atoms with Crippen LogP contribution in [0, 0.1) is 11.6 Å². The molecular weight excluding hydrogens is 412 g/mol. The zero-order valence-electron chi connectivity index (χ0n) is 17.9. The molecule has 0 aliphatic heterocycles. The van der Waals surface area contributed by atoms with Crippen molar-refractivity contribution in [2.45, 2.75) is 19.5 Å². The number of nitrogens with zero attached hydrogens (tertiary/aromatic N) is 3. The van der Waals surface area contributed by atoms with E-state index in [9.17, 15) is 13.6 Å². The van der Waals surface area contributed by atoms with E-state index in [4.69, 9.17) is 4.42 Å². The average Bonchev–Trinajstić information content (AvgIpc) is 3.27. The largest absolute Gasteiger partial charge is 0.467 e. The normalized spacial score (nSPS) is 11.0. The standard InChI is InChI=1S/C25H23F2N3O2/c1-29(2)25-19(13-18-7-10-21(27)14-23(18)28-25)15-30(16-22-4-3-11-32-22)24(31)12-17-5-8-20(26)9-6-17/h3-11,13-14H,12,15-16H2,1-2H3. The highest BCUT2D eigenvalue weighted by atomic mass is 19.1. The summed E-state index contributed by atoms with van der Waals surface area (Å²) in [6.07, 6.45) is 1.69. The van der Waals surface area contributed by atoms with Crippen LogP contribution in [0.25, 0.3) is 10.9 Å². The van der Waals surface area contributed by atoms with Crippen LogP contribution in [0.5, 0.6) is 0 Å². The smallest absolute Gasteiger partial charge is 0.227 e. The third-order valence-electron chi connectivity index (χ3n) is 5.17. The number of halogens is 2. The van der Waals surface area contributed by atoms with E-state index in [1.165, 1.54) is 24.3 Å². The third-order valence-corrected chi connectivity index (χ3v) is 5.17. The number of furan rings is 1. The van der Waals surface area contributed by atoms with Gasteiger partial charge in [0.2, 0.25) is 5.91 Å². The second-order valence-electron chi connectivity index (χ2n) is 7.83. The molecule has 0 bridgehead atoms. The molecule has 0 spiro atoms. The highest BCUT2D eigenvalue weighted by Gasteiger charge is 2.20. The monoisotopic (exact) mass is 435 g/mol. The van der Waals surface area contributed by atoms with Crippen LogP contribution in [0.15, 0.2) is 71.3 Å². The summed E-state index contributed by atoms with van der Waals surface area (Å²) in [7, 11) is 3.71. The number of carbonyl (C=O) groups is 1. The van der Waals surface area contributed by atoms with Crippen LogP contribution >= 0.6 is 0 Å². The van der Waals surface area contributed by atoms with Crippen LogP contribution in [0.3, 0.4) is 0 Å². The second kappa shape index (κ2) is 9.18. The molecule has 5 nitrogen and oxygen atoms in total. The Morgan fingerprint density at radius 2 is 1.72 bits per heavy atom. The summed E-state index contributed by atoms with van der Waals surface area (Å²) in [6, 6.07) is 15.9. The van der Waals surface area contributed by atoms with E-state index in [0.717, 1.165) is 16.5 Å². The minimum absolute atomic E-state index is 0.128. The van der Waals surface area contributed by atoms with Gasteiger partial charge in [-0.1, -0.05) is 12.1 Å². The molecule has 32 heavy (non-hydrogen) atoms. The fraction of sp³-hybridized carbons (Fsp3) is 0.200. The molecule has 2 aromatic carbocycles. The maximum atomic E-state index is 13.7. The van der Waals surface area contributed by atoms with Crippen molar-refractivity contribution in [3.63, 3.8) is 0 Å². The Bertz CT molecular complexity index is 1220. The Morgan fingerprint density at radius 3 is 2.41 bits per heavy atom. The number of anilines is 1. The van der Waals surface area contributed by atoms with Crippen molar-refractivity contribution in [3.8, 4) is 0 Å². The highest BCUT2D eigenvalue weighted by molar-refractivity contribution is 5.83. The maximum absolute atomic E-state index is 13.7. The molecule has 0 radical (unpaired) electrons. The van der Waals surface area contributed by atoms with E-state index in [2.05, 4.69) is 4.98 Å². The summed E-state index contributed by atoms with van der Waals surface area (Å²) in [5.74, 6) is 0.484. The minimum atomic E-state index is -0.351. The number of rotatable bonds is 7. The lowest BCUT2D eigenvalue weighted by Gasteiger charge is -2.25. The van der Waals surface area contributed by atoms with E-state index < -0.39 is 0 Å². The van der Waals surface area contributed by atoms with Crippen molar-refractivity contribution >= 4 is 22.6 Å². The molecule has 0 N–H and O–H groups in total. The molecule has 0 unspecified atom stereocenters. The lowest BCUT2D eigenvalue weighted by molar-refractivity contribution is -0.132. The van der Waals surface area contributed by atoms with E-state index in [-0.39, 0.29) is 37.1 Å². The van der Waals surface area contributed by atoms with Gasteiger partial charge in [0.1, 0.15) is 23.2 Å². The first kappa shape index (κ1) is 21.5. The molecule has 1 amide bonds. The van der Waals surface area contributed by atoms with Crippen LogP contribution in [0.4, 0.5) is 14.6 Å². The molecule has 0 atom stereocenters. The Kier molecular flexibility index (Phi) is 6.16.